The summed E-state index contributed by atoms with van der Waals surface area (Å²) in [6, 6.07) is 10.7. The second kappa shape index (κ2) is 11.1. The number of hydrogen-bond donors (Lipinski definition) is 2. The van der Waals surface area contributed by atoms with Crippen molar-refractivity contribution in [3.63, 3.8) is 0 Å². The summed E-state index contributed by atoms with van der Waals surface area (Å²) >= 11 is 0. The molecule has 3 amide bonds. The van der Waals surface area contributed by atoms with E-state index in [1.54, 1.807) is 56.3 Å². The standard InChI is InChI=1S/C30H26F5N7O3/c1-16-3-9-21(22-13-29(22,31)32)23(11-16)42-25(43)14-36-27(42)39-28(44)38-19-6-4-18(5-7-19)26-37-15-41(40-26)20-8-10-24(17(2)12-20)45-30(33,34)35/h3-11,15,17,22H,12-14H2,1-2H3,(H2,36,38,39,44). The summed E-state index contributed by atoms with van der Waals surface area (Å²) in [7, 11) is 0. The molecule has 3 aromatic rings. The van der Waals surface area contributed by atoms with Crippen LogP contribution in [0.4, 0.5) is 38.1 Å². The minimum absolute atomic E-state index is 0.0713. The van der Waals surface area contributed by atoms with E-state index in [-0.39, 0.29) is 36.8 Å². The number of amides is 3. The lowest BCUT2D eigenvalue weighted by Crippen LogP contribution is -2.45. The van der Waals surface area contributed by atoms with Crippen molar-refractivity contribution in [1.29, 1.82) is 0 Å². The molecule has 2 aromatic carbocycles. The molecule has 6 rings (SSSR count). The smallest absolute Gasteiger partial charge is 0.410 e. The first-order valence-corrected chi connectivity index (χ1v) is 13.9. The number of carbonyl (C=O) groups excluding carboxylic acids is 2. The molecule has 0 spiro atoms. The third-order valence-corrected chi connectivity index (χ3v) is 7.54. The number of rotatable bonds is 6. The number of aromatic nitrogens is 3. The Morgan fingerprint density at radius 1 is 1.09 bits per heavy atom. The van der Waals surface area contributed by atoms with Crippen LogP contribution in [0.1, 0.15) is 36.8 Å². The van der Waals surface area contributed by atoms with Gasteiger partial charge in [0.1, 0.15) is 18.6 Å². The Morgan fingerprint density at radius 3 is 2.49 bits per heavy atom. The monoisotopic (exact) mass is 627 g/mol. The van der Waals surface area contributed by atoms with Crippen LogP contribution in [0.3, 0.4) is 0 Å². The number of guanidine groups is 1. The molecule has 0 radical (unpaired) electrons. The Balaban J connectivity index is 1.11. The van der Waals surface area contributed by atoms with Crippen LogP contribution < -0.4 is 15.5 Å². The van der Waals surface area contributed by atoms with Crippen LogP contribution in [-0.4, -0.2) is 51.5 Å². The molecule has 2 N–H and O–H groups in total. The number of allylic oxidation sites excluding steroid dienone is 4. The van der Waals surface area contributed by atoms with Crippen LogP contribution in [0.5, 0.6) is 0 Å². The van der Waals surface area contributed by atoms with Gasteiger partial charge in [-0.1, -0.05) is 19.1 Å². The molecule has 1 saturated carbocycles. The van der Waals surface area contributed by atoms with Gasteiger partial charge in [0.25, 0.3) is 11.8 Å². The first-order chi connectivity index (χ1) is 21.3. The first-order valence-electron chi connectivity index (χ1n) is 13.9. The average Bonchev–Trinajstić information content (AvgIpc) is 3.27. The average molecular weight is 628 g/mol. The maximum atomic E-state index is 13.9. The third-order valence-electron chi connectivity index (χ3n) is 7.54. The summed E-state index contributed by atoms with van der Waals surface area (Å²) in [5.74, 6) is -4.73. The summed E-state index contributed by atoms with van der Waals surface area (Å²) < 4.78 is 71.2. The second-order valence-corrected chi connectivity index (χ2v) is 11.0. The van der Waals surface area contributed by atoms with E-state index in [2.05, 4.69) is 30.4 Å². The van der Waals surface area contributed by atoms with Crippen molar-refractivity contribution < 1.29 is 36.3 Å². The molecule has 10 nitrogen and oxygen atoms in total. The van der Waals surface area contributed by atoms with E-state index >= 15 is 0 Å². The maximum absolute atomic E-state index is 13.9. The molecule has 15 heteroatoms. The topological polar surface area (TPSA) is 114 Å². The molecule has 2 heterocycles. The SMILES string of the molecule is Cc1ccc(C2CC2(F)F)c(N2C(=O)CN=C2NC(=O)Nc2ccc(-c3ncn(C4=CC=C(OC(F)(F)F)C(C)C4)n3)cc2)c1. The molecule has 1 aromatic heterocycles. The van der Waals surface area contributed by atoms with Crippen molar-refractivity contribution in [3.8, 4) is 11.4 Å². The third kappa shape index (κ3) is 6.42. The maximum Gasteiger partial charge on any atom is 0.572 e. The minimum Gasteiger partial charge on any atom is -0.410 e. The van der Waals surface area contributed by atoms with Crippen molar-refractivity contribution in [3.05, 3.63) is 77.8 Å². The minimum atomic E-state index is -4.76. The fraction of sp³-hybridized carbons (Fsp3) is 0.300. The Morgan fingerprint density at radius 2 is 1.82 bits per heavy atom. The number of hydrogen-bond acceptors (Lipinski definition) is 6. The quantitative estimate of drug-likeness (QED) is 0.316. The predicted molar refractivity (Wildman–Crippen MR) is 154 cm³/mol. The number of carbonyl (C=O) groups is 2. The van der Waals surface area contributed by atoms with Crippen LogP contribution in [0.2, 0.25) is 0 Å². The number of aliphatic imine (C=N–C) groups is 1. The van der Waals surface area contributed by atoms with Crippen molar-refractivity contribution >= 4 is 35.0 Å². The number of benzene rings is 2. The lowest BCUT2D eigenvalue weighted by molar-refractivity contribution is -0.308. The van der Waals surface area contributed by atoms with Crippen LogP contribution in [-0.2, 0) is 9.53 Å². The van der Waals surface area contributed by atoms with Gasteiger partial charge in [0, 0.05) is 29.3 Å². The fourth-order valence-corrected chi connectivity index (χ4v) is 5.20. The van der Waals surface area contributed by atoms with Gasteiger partial charge in [0.05, 0.1) is 11.6 Å². The summed E-state index contributed by atoms with van der Waals surface area (Å²) in [5.41, 5.74) is 2.98. The zero-order valence-electron chi connectivity index (χ0n) is 23.9. The summed E-state index contributed by atoms with van der Waals surface area (Å²) in [6.45, 7) is 3.15. The molecule has 0 bridgehead atoms. The van der Waals surface area contributed by atoms with E-state index in [0.29, 0.717) is 28.3 Å². The van der Waals surface area contributed by atoms with E-state index < -0.39 is 36.1 Å². The lowest BCUT2D eigenvalue weighted by atomic mass is 9.98. The summed E-state index contributed by atoms with van der Waals surface area (Å²) in [5, 5.41) is 9.62. The van der Waals surface area contributed by atoms with Gasteiger partial charge in [0.2, 0.25) is 5.96 Å². The predicted octanol–water partition coefficient (Wildman–Crippen LogP) is 6.20. The van der Waals surface area contributed by atoms with Crippen LogP contribution in [0.15, 0.2) is 71.7 Å². The first kappa shape index (κ1) is 30.0. The zero-order valence-corrected chi connectivity index (χ0v) is 23.9. The van der Waals surface area contributed by atoms with Gasteiger partial charge in [-0.25, -0.2) is 33.1 Å². The van der Waals surface area contributed by atoms with Crippen LogP contribution in [0.25, 0.3) is 17.1 Å². The van der Waals surface area contributed by atoms with Gasteiger partial charge in [-0.05, 0) is 67.0 Å². The number of halogens is 5. The Labute approximate surface area is 253 Å². The highest BCUT2D eigenvalue weighted by molar-refractivity contribution is 6.24. The second-order valence-electron chi connectivity index (χ2n) is 11.0. The molecule has 1 aliphatic heterocycles. The molecule has 2 aliphatic carbocycles. The van der Waals surface area contributed by atoms with E-state index in [1.807, 2.05) is 0 Å². The molecule has 3 aliphatic rings. The van der Waals surface area contributed by atoms with Gasteiger partial charge in [0.15, 0.2) is 5.82 Å². The lowest BCUT2D eigenvalue weighted by Gasteiger charge is -2.22. The summed E-state index contributed by atoms with van der Waals surface area (Å²) in [4.78, 5) is 35.1. The number of nitrogens with zero attached hydrogens (tertiary/aromatic N) is 5. The fourth-order valence-electron chi connectivity index (χ4n) is 5.20. The van der Waals surface area contributed by atoms with Crippen molar-refractivity contribution in [1.82, 2.24) is 20.1 Å². The van der Waals surface area contributed by atoms with Gasteiger partial charge in [-0.2, -0.15) is 0 Å². The number of urea groups is 1. The van der Waals surface area contributed by atoms with Gasteiger partial charge < -0.3 is 10.1 Å². The van der Waals surface area contributed by atoms with Crippen LogP contribution in [0, 0.1) is 12.8 Å². The highest BCUT2D eigenvalue weighted by atomic mass is 19.4. The van der Waals surface area contributed by atoms with E-state index in [1.165, 1.54) is 23.2 Å². The van der Waals surface area contributed by atoms with Gasteiger partial charge >= 0.3 is 12.4 Å². The highest BCUT2D eigenvalue weighted by Gasteiger charge is 2.58. The molecule has 2 atom stereocenters. The van der Waals surface area contributed by atoms with E-state index in [0.717, 1.165) is 10.5 Å². The number of ether oxygens (including phenoxy) is 1. The number of aryl methyl sites for hydroxylation is 1. The van der Waals surface area contributed by atoms with Crippen molar-refractivity contribution in [2.45, 2.75) is 44.9 Å². The van der Waals surface area contributed by atoms with Crippen molar-refractivity contribution in [2.75, 3.05) is 16.8 Å². The summed E-state index contributed by atoms with van der Waals surface area (Å²) in [6.07, 6.45) is -0.600. The molecule has 1 fully saturated rings. The highest BCUT2D eigenvalue weighted by Crippen LogP contribution is 2.57. The molecule has 234 valence electrons. The number of anilines is 2. The zero-order chi connectivity index (χ0) is 32.1. The van der Waals surface area contributed by atoms with E-state index in [9.17, 15) is 31.5 Å². The van der Waals surface area contributed by atoms with Crippen LogP contribution >= 0.6 is 0 Å². The van der Waals surface area contributed by atoms with E-state index in [4.69, 9.17) is 0 Å². The molecule has 45 heavy (non-hydrogen) atoms. The Bertz CT molecular complexity index is 1760. The van der Waals surface area contributed by atoms with Crippen molar-refractivity contribution in [2.24, 2.45) is 10.9 Å². The largest absolute Gasteiger partial charge is 0.572 e. The molecule has 2 unspecified atom stereocenters. The Kier molecular flexibility index (Phi) is 7.41. The molecular formula is C30H26F5N7O3. The van der Waals surface area contributed by atoms with Gasteiger partial charge in [-0.3, -0.25) is 10.1 Å². The van der Waals surface area contributed by atoms with Gasteiger partial charge in [-0.15, -0.1) is 18.3 Å². The molecular weight excluding hydrogens is 601 g/mol. The normalized spacial score (nSPS) is 20.7. The molecule has 0 saturated heterocycles. The Hall–Kier alpha value is -5.08. The number of nitrogens with one attached hydrogen (secondary N) is 2. The number of alkyl halides is 5.